The first kappa shape index (κ1) is 15.3. The summed E-state index contributed by atoms with van der Waals surface area (Å²) in [6, 6.07) is -0.720. The molecule has 7 heteroatoms. The summed E-state index contributed by atoms with van der Waals surface area (Å²) in [7, 11) is 0. The average Bonchev–Trinajstić information content (AvgIpc) is 2.76. The monoisotopic (exact) mass is 271 g/mol. The van der Waals surface area contributed by atoms with Crippen LogP contribution in [-0.2, 0) is 9.59 Å². The summed E-state index contributed by atoms with van der Waals surface area (Å²) in [4.78, 5) is 35.7. The first-order chi connectivity index (χ1) is 8.91. The fourth-order valence-corrected chi connectivity index (χ4v) is 2.02. The predicted molar refractivity (Wildman–Crippen MR) is 68.7 cm³/mol. The lowest BCUT2D eigenvalue weighted by molar-refractivity contribution is -0.137. The Labute approximate surface area is 112 Å². The first-order valence-electron chi connectivity index (χ1n) is 6.48. The van der Waals surface area contributed by atoms with Crippen molar-refractivity contribution in [2.45, 2.75) is 45.2 Å². The number of carboxylic acids is 1. The highest BCUT2D eigenvalue weighted by atomic mass is 16.4. The lowest BCUT2D eigenvalue weighted by Crippen LogP contribution is -2.51. The van der Waals surface area contributed by atoms with E-state index in [9.17, 15) is 14.4 Å². The van der Waals surface area contributed by atoms with Crippen LogP contribution in [0.5, 0.6) is 0 Å². The van der Waals surface area contributed by atoms with Crippen molar-refractivity contribution in [3.63, 3.8) is 0 Å². The molecule has 19 heavy (non-hydrogen) atoms. The maximum atomic E-state index is 11.9. The van der Waals surface area contributed by atoms with Gasteiger partial charge in [0.25, 0.3) is 0 Å². The standard InChI is InChI=1S/C12H21N3O4/c1-8(2)14-12(19)15-7-3-4-9(15)11(18)13-6-5-10(16)17/h8-9H,3-7H2,1-2H3,(H,13,18)(H,14,19)(H,16,17)/t9-/m0/s1. The Morgan fingerprint density at radius 1 is 1.37 bits per heavy atom. The molecule has 1 fully saturated rings. The molecule has 1 atom stereocenters. The van der Waals surface area contributed by atoms with Crippen molar-refractivity contribution in [2.75, 3.05) is 13.1 Å². The molecular formula is C12H21N3O4. The van der Waals surface area contributed by atoms with Crippen molar-refractivity contribution in [3.05, 3.63) is 0 Å². The molecule has 1 saturated heterocycles. The molecule has 1 rings (SSSR count). The van der Waals surface area contributed by atoms with E-state index in [1.165, 1.54) is 4.90 Å². The lowest BCUT2D eigenvalue weighted by atomic mass is 10.2. The molecule has 108 valence electrons. The largest absolute Gasteiger partial charge is 0.481 e. The van der Waals surface area contributed by atoms with Gasteiger partial charge >= 0.3 is 12.0 Å². The number of nitrogens with zero attached hydrogens (tertiary/aromatic N) is 1. The molecule has 1 aliphatic heterocycles. The third-order valence-electron chi connectivity index (χ3n) is 2.87. The molecule has 0 unspecified atom stereocenters. The van der Waals surface area contributed by atoms with Gasteiger partial charge in [0, 0.05) is 19.1 Å². The van der Waals surface area contributed by atoms with E-state index in [2.05, 4.69) is 10.6 Å². The van der Waals surface area contributed by atoms with Crippen molar-refractivity contribution in [1.82, 2.24) is 15.5 Å². The molecule has 0 radical (unpaired) electrons. The Morgan fingerprint density at radius 3 is 2.63 bits per heavy atom. The summed E-state index contributed by atoms with van der Waals surface area (Å²) in [6.45, 7) is 4.35. The number of nitrogens with one attached hydrogen (secondary N) is 2. The van der Waals surface area contributed by atoms with Crippen molar-refractivity contribution in [2.24, 2.45) is 0 Å². The smallest absolute Gasteiger partial charge is 0.318 e. The second-order valence-electron chi connectivity index (χ2n) is 4.89. The maximum absolute atomic E-state index is 11.9. The summed E-state index contributed by atoms with van der Waals surface area (Å²) in [5.41, 5.74) is 0. The van der Waals surface area contributed by atoms with Crippen LogP contribution < -0.4 is 10.6 Å². The number of hydrogen-bond acceptors (Lipinski definition) is 3. The normalized spacial score (nSPS) is 18.5. The fraction of sp³-hybridized carbons (Fsp3) is 0.750. The van der Waals surface area contributed by atoms with E-state index in [-0.39, 0.29) is 30.9 Å². The van der Waals surface area contributed by atoms with E-state index in [1.54, 1.807) is 0 Å². The number of hydrogen-bond donors (Lipinski definition) is 3. The average molecular weight is 271 g/mol. The van der Waals surface area contributed by atoms with Crippen molar-refractivity contribution >= 4 is 17.9 Å². The van der Waals surface area contributed by atoms with Crippen molar-refractivity contribution in [3.8, 4) is 0 Å². The van der Waals surface area contributed by atoms with Crippen LogP contribution in [0.2, 0.25) is 0 Å². The number of likely N-dealkylation sites (tertiary alicyclic amines) is 1. The quantitative estimate of drug-likeness (QED) is 0.663. The molecule has 3 N–H and O–H groups in total. The van der Waals surface area contributed by atoms with Crippen LogP contribution >= 0.6 is 0 Å². The number of rotatable bonds is 5. The molecule has 0 aromatic heterocycles. The van der Waals surface area contributed by atoms with E-state index >= 15 is 0 Å². The minimum absolute atomic E-state index is 0.0174. The van der Waals surface area contributed by atoms with Gasteiger partial charge in [0.05, 0.1) is 6.42 Å². The highest BCUT2D eigenvalue weighted by Crippen LogP contribution is 2.17. The summed E-state index contributed by atoms with van der Waals surface area (Å²) < 4.78 is 0. The number of aliphatic carboxylic acids is 1. The third-order valence-corrected chi connectivity index (χ3v) is 2.87. The second-order valence-corrected chi connectivity index (χ2v) is 4.89. The topological polar surface area (TPSA) is 98.7 Å². The van der Waals surface area contributed by atoms with Crippen molar-refractivity contribution in [1.29, 1.82) is 0 Å². The summed E-state index contributed by atoms with van der Waals surface area (Å²) in [6.07, 6.45) is 1.28. The van der Waals surface area contributed by atoms with Gasteiger partial charge in [-0.05, 0) is 26.7 Å². The molecule has 0 bridgehead atoms. The summed E-state index contributed by atoms with van der Waals surface area (Å²) in [5.74, 6) is -1.24. The van der Waals surface area contributed by atoms with Gasteiger partial charge in [-0.1, -0.05) is 0 Å². The van der Waals surface area contributed by atoms with Gasteiger partial charge < -0.3 is 20.6 Å². The van der Waals surface area contributed by atoms with Crippen LogP contribution in [0.25, 0.3) is 0 Å². The van der Waals surface area contributed by atoms with Gasteiger partial charge in [-0.15, -0.1) is 0 Å². The highest BCUT2D eigenvalue weighted by Gasteiger charge is 2.34. The highest BCUT2D eigenvalue weighted by molar-refractivity contribution is 5.87. The van der Waals surface area contributed by atoms with E-state index in [1.807, 2.05) is 13.8 Å². The molecule has 0 aromatic carbocycles. The number of urea groups is 1. The molecule has 0 aromatic rings. The van der Waals surface area contributed by atoms with Gasteiger partial charge in [0.1, 0.15) is 6.04 Å². The summed E-state index contributed by atoms with van der Waals surface area (Å²) in [5, 5.41) is 13.8. The molecule has 1 aliphatic rings. The Morgan fingerprint density at radius 2 is 2.05 bits per heavy atom. The number of carbonyl (C=O) groups excluding carboxylic acids is 2. The SMILES string of the molecule is CC(C)NC(=O)N1CCC[C@H]1C(=O)NCCC(=O)O. The van der Waals surface area contributed by atoms with E-state index in [0.717, 1.165) is 6.42 Å². The van der Waals surface area contributed by atoms with Crippen LogP contribution in [0.4, 0.5) is 4.79 Å². The molecular weight excluding hydrogens is 250 g/mol. The van der Waals surface area contributed by atoms with Crippen LogP contribution in [-0.4, -0.2) is 53.1 Å². The van der Waals surface area contributed by atoms with Gasteiger partial charge in [-0.3, -0.25) is 9.59 Å². The van der Waals surface area contributed by atoms with Gasteiger partial charge in [-0.2, -0.15) is 0 Å². The maximum Gasteiger partial charge on any atom is 0.318 e. The second kappa shape index (κ2) is 6.96. The zero-order chi connectivity index (χ0) is 14.4. The molecule has 7 nitrogen and oxygen atoms in total. The Balaban J connectivity index is 2.48. The lowest BCUT2D eigenvalue weighted by Gasteiger charge is -2.25. The zero-order valence-corrected chi connectivity index (χ0v) is 11.3. The number of carboxylic acid groups (broad SMARTS) is 1. The van der Waals surface area contributed by atoms with E-state index < -0.39 is 12.0 Å². The summed E-state index contributed by atoms with van der Waals surface area (Å²) >= 11 is 0. The molecule has 0 spiro atoms. The number of carbonyl (C=O) groups is 3. The van der Waals surface area contributed by atoms with Crippen LogP contribution in [0.3, 0.4) is 0 Å². The Bertz CT molecular complexity index is 357. The molecule has 0 saturated carbocycles. The van der Waals surface area contributed by atoms with E-state index in [4.69, 9.17) is 5.11 Å². The minimum Gasteiger partial charge on any atom is -0.481 e. The molecule has 3 amide bonds. The molecule has 0 aliphatic carbocycles. The van der Waals surface area contributed by atoms with Crippen LogP contribution in [0.1, 0.15) is 33.1 Å². The van der Waals surface area contributed by atoms with Gasteiger partial charge in [-0.25, -0.2) is 4.79 Å². The van der Waals surface area contributed by atoms with Crippen LogP contribution in [0, 0.1) is 0 Å². The fourth-order valence-electron chi connectivity index (χ4n) is 2.02. The Kier molecular flexibility index (Phi) is 5.59. The van der Waals surface area contributed by atoms with Crippen LogP contribution in [0.15, 0.2) is 0 Å². The zero-order valence-electron chi connectivity index (χ0n) is 11.3. The van der Waals surface area contributed by atoms with E-state index in [0.29, 0.717) is 13.0 Å². The third kappa shape index (κ3) is 4.76. The minimum atomic E-state index is -0.957. The van der Waals surface area contributed by atoms with Gasteiger partial charge in [0.2, 0.25) is 5.91 Å². The number of amides is 3. The van der Waals surface area contributed by atoms with Gasteiger partial charge in [0.15, 0.2) is 0 Å². The predicted octanol–water partition coefficient (Wildman–Crippen LogP) is 0.160. The van der Waals surface area contributed by atoms with Crippen molar-refractivity contribution < 1.29 is 19.5 Å². The molecule has 1 heterocycles. The first-order valence-corrected chi connectivity index (χ1v) is 6.48. The Hall–Kier alpha value is -1.79.